The second kappa shape index (κ2) is 41.9. The molecule has 0 saturated carbocycles. The highest BCUT2D eigenvalue weighted by Crippen LogP contribution is 2.23. The van der Waals surface area contributed by atoms with Gasteiger partial charge in [0.2, 0.25) is 53.2 Å². The average molecular weight is 1400 g/mol. The molecule has 4 aromatic carbocycles. The number of amides is 9. The van der Waals surface area contributed by atoms with Gasteiger partial charge in [-0.05, 0) is 136 Å². The number of unbranched alkanes of at least 4 members (excludes halogenated alkanes) is 1. The summed E-state index contributed by atoms with van der Waals surface area (Å²) >= 11 is 0. The van der Waals surface area contributed by atoms with Gasteiger partial charge in [-0.25, -0.2) is 4.79 Å². The van der Waals surface area contributed by atoms with Crippen LogP contribution in [-0.4, -0.2) is 178 Å². The van der Waals surface area contributed by atoms with Crippen molar-refractivity contribution < 1.29 is 64.7 Å². The second-order valence-corrected chi connectivity index (χ2v) is 25.8. The number of nitrogens with one attached hydrogen (secondary N) is 8. The summed E-state index contributed by atoms with van der Waals surface area (Å²) in [7, 11) is 0. The van der Waals surface area contributed by atoms with Gasteiger partial charge >= 0.3 is 5.97 Å². The number of aliphatic imine (C=N–C) groups is 2. The molecule has 5 rings (SSSR count). The summed E-state index contributed by atoms with van der Waals surface area (Å²) in [5.41, 5.74) is 33.1. The number of rotatable bonds is 43. The number of phenols is 2. The molecule has 11 atom stereocenters. The highest BCUT2D eigenvalue weighted by Gasteiger charge is 2.41. The van der Waals surface area contributed by atoms with Crippen LogP contribution < -0.4 is 76.9 Å². The van der Waals surface area contributed by atoms with Crippen LogP contribution in [0.5, 0.6) is 11.5 Å². The van der Waals surface area contributed by atoms with E-state index in [1.807, 2.05) is 0 Å². The van der Waals surface area contributed by atoms with Crippen LogP contribution in [0.4, 0.5) is 0 Å². The zero-order valence-corrected chi connectivity index (χ0v) is 57.9. The molecule has 1 saturated heterocycles. The molecule has 1 heterocycles. The number of benzene rings is 4. The summed E-state index contributed by atoms with van der Waals surface area (Å²) < 4.78 is 7.99. The normalized spacial score (nSPS) is 15.7. The fraction of sp³-hybridized carbons (Fsp3) is 0.493. The average Bonchev–Trinajstić information content (AvgIpc) is 1.52. The predicted molar refractivity (Wildman–Crippen MR) is 381 cm³/mol. The van der Waals surface area contributed by atoms with E-state index in [9.17, 15) is 48.9 Å². The van der Waals surface area contributed by atoms with E-state index >= 15 is 14.4 Å². The number of aromatic hydroxyl groups is 2. The summed E-state index contributed by atoms with van der Waals surface area (Å²) in [4.78, 5) is 153. The van der Waals surface area contributed by atoms with Gasteiger partial charge in [0, 0.05) is 38.9 Å². The molecule has 1 fully saturated rings. The van der Waals surface area contributed by atoms with Crippen LogP contribution in [0.1, 0.15) is 121 Å². The molecule has 1 aliphatic rings. The smallest absolute Gasteiger partial charge is 0.326 e. The predicted octanol–water partition coefficient (Wildman–Crippen LogP) is -0.0219. The molecule has 1 aliphatic heterocycles. The minimum absolute atomic E-state index is 0.00513. The molecule has 0 spiro atoms. The lowest BCUT2D eigenvalue weighted by Crippen LogP contribution is -2.61. The van der Waals surface area contributed by atoms with Gasteiger partial charge in [0.1, 0.15) is 67.3 Å². The van der Waals surface area contributed by atoms with E-state index in [-0.39, 0.29) is 126 Å². The molecule has 30 heteroatoms. The molecule has 0 aliphatic carbocycles. The minimum atomic E-state index is -1.47. The Morgan fingerprint density at radius 3 is 1.40 bits per heavy atom. The molecule has 4 aromatic rings. The van der Waals surface area contributed by atoms with Crippen molar-refractivity contribution in [3.8, 4) is 11.5 Å². The van der Waals surface area contributed by atoms with Crippen molar-refractivity contribution in [2.45, 2.75) is 184 Å². The maximum absolute atomic E-state index is 15.2. The van der Waals surface area contributed by atoms with Crippen molar-refractivity contribution in [2.75, 3.05) is 26.2 Å². The number of hydrogen-bond donors (Lipinski definition) is 17. The van der Waals surface area contributed by atoms with Crippen molar-refractivity contribution in [2.24, 2.45) is 56.2 Å². The maximum atomic E-state index is 15.2. The highest BCUT2D eigenvalue weighted by atomic mass is 16.4. The first-order valence-corrected chi connectivity index (χ1v) is 34.3. The van der Waals surface area contributed by atoms with Crippen LogP contribution in [0.2, 0.25) is 1.41 Å². The van der Waals surface area contributed by atoms with Crippen molar-refractivity contribution >= 4 is 71.1 Å². The van der Waals surface area contributed by atoms with Crippen molar-refractivity contribution in [1.29, 1.82) is 0 Å². The zero-order valence-electron chi connectivity index (χ0n) is 58.9. The number of carboxylic acids is 1. The van der Waals surface area contributed by atoms with Gasteiger partial charge in [0.25, 0.3) is 0 Å². The van der Waals surface area contributed by atoms with E-state index in [1.54, 1.807) is 113 Å². The first-order valence-electron chi connectivity index (χ1n) is 34.8. The molecule has 0 bridgehead atoms. The third-order valence-electron chi connectivity index (χ3n) is 17.2. The minimum Gasteiger partial charge on any atom is -0.508 e. The molecule has 101 heavy (non-hydrogen) atoms. The lowest BCUT2D eigenvalue weighted by atomic mass is 9.96. The summed E-state index contributed by atoms with van der Waals surface area (Å²) in [6.07, 6.45) is 1.46. The van der Waals surface area contributed by atoms with Crippen LogP contribution in [0.15, 0.2) is 119 Å². The molecular weight excluding hydrogens is 1300 g/mol. The van der Waals surface area contributed by atoms with Gasteiger partial charge in [-0.3, -0.25) is 53.1 Å². The van der Waals surface area contributed by atoms with E-state index < -0.39 is 125 Å². The molecule has 23 N–H and O–H groups in total. The van der Waals surface area contributed by atoms with Gasteiger partial charge < -0.3 is 97.1 Å². The lowest BCUT2D eigenvalue weighted by molar-refractivity contribution is -0.143. The number of carboxylic acid groups (broad SMARTS) is 1. The van der Waals surface area contributed by atoms with E-state index in [0.717, 1.165) is 0 Å². The Bertz CT molecular complexity index is 3440. The van der Waals surface area contributed by atoms with Crippen molar-refractivity contribution in [1.82, 2.24) is 47.4 Å². The molecule has 30 nitrogen and oxygen atoms in total. The quantitative estimate of drug-likeness (QED) is 0.0157. The number of phenolic OH excluding ortho intramolecular Hbond substituents is 2. The first-order chi connectivity index (χ1) is 48.7. The van der Waals surface area contributed by atoms with E-state index in [2.05, 4.69) is 58.2 Å². The monoisotopic (exact) mass is 1400 g/mol. The van der Waals surface area contributed by atoms with Crippen LogP contribution in [0.3, 0.4) is 0 Å². The molecule has 0 unspecified atom stereocenters. The second-order valence-electron chi connectivity index (χ2n) is 25.8. The summed E-state index contributed by atoms with van der Waals surface area (Å²) in [6.45, 7) is 7.40. The number of carbonyl (C=O) groups is 10. The Labute approximate surface area is 590 Å². The number of guanidine groups is 2. The third kappa shape index (κ3) is 28.1. The Kier molecular flexibility index (Phi) is 33.0. The number of aliphatic carboxylic acids is 1. The summed E-state index contributed by atoms with van der Waals surface area (Å²) in [5.74, 6) is -9.46. The third-order valence-corrected chi connectivity index (χ3v) is 17.2. The largest absolute Gasteiger partial charge is 0.508 e. The van der Waals surface area contributed by atoms with Gasteiger partial charge in [-0.2, -0.15) is 0 Å². The van der Waals surface area contributed by atoms with Gasteiger partial charge in [0.05, 0.1) is 6.04 Å². The van der Waals surface area contributed by atoms with Crippen LogP contribution in [0.25, 0.3) is 0 Å². The maximum Gasteiger partial charge on any atom is 0.326 e. The molecule has 550 valence electrons. The zero-order chi connectivity index (χ0) is 74.8. The van der Waals surface area contributed by atoms with Gasteiger partial charge in [0.15, 0.2) is 11.9 Å². The number of hydrogen-bond acceptors (Lipinski definition) is 16. The standard InChI is InChI=1S/C71H103N17O13/c1-5-43(4)59(67(98)86-57(69(100)101)37-42(2)3)87-65(96)56(41-47-27-31-49(90)32-28-47)85-66(97)58-24-16-36-88(58)68(99)53(23-15-35-79-71(76)77)82-61(92)52(22-14-34-78-70(74)75)81-63(94)54(39-44-17-8-6-9-18-44)84-64(95)55(40-45-19-10-7-11-20-45)83-62(93)51(21-12-13-33-72)80-60(91)50(73)38-46-25-29-48(89)30-26-46/h6-11,17-20,25-32,42-43,50-59,89-90H,5,12-16,21-24,33-41,72-73H2,1-4H3,(H,80,91)(H,81,94)(H,82,92)(H,83,93)(H,84,95)(H,85,97)(H,86,98)(H,87,96)(H,100,101)(H4,74,75,78)(H4,76,77,79)/t43-,50-,51-,52-,53-,54-,55-,56-,57-,58-,59-/m0/s1/i/hD. The fourth-order valence-corrected chi connectivity index (χ4v) is 11.5. The van der Waals surface area contributed by atoms with Crippen LogP contribution >= 0.6 is 0 Å². The van der Waals surface area contributed by atoms with Gasteiger partial charge in [-0.1, -0.05) is 119 Å². The van der Waals surface area contributed by atoms with Crippen LogP contribution in [0, 0.1) is 11.8 Å². The fourth-order valence-electron chi connectivity index (χ4n) is 11.5. The molecule has 9 amide bonds. The first kappa shape index (κ1) is 79.6. The van der Waals surface area contributed by atoms with E-state index in [1.165, 1.54) is 29.2 Å². The number of carbonyl (C=O) groups excluding carboxylic acids is 9. The SMILES string of the molecule is [2H]N[C@@H](Cc1ccc(O)cc1)C(=O)N[C@@H](CCCCN)C(=O)N[C@@H](Cc1ccccc1)C(=O)N[C@@H](Cc1ccccc1)C(=O)N[C@@H](CCCN=C(N)N)C(=O)N[C@@H](CCCN=C(N)N)C(=O)N1CCC[C@H]1C(=O)N[C@@H](Cc1ccc(O)cc1)C(=O)N[C@H](C(=O)N[C@@H](CC(C)C)C(=O)O)[C@@H](C)CC. The topological polar surface area (TPSA) is 512 Å². The van der Waals surface area contributed by atoms with Crippen LogP contribution in [-0.2, 0) is 73.6 Å². The molecule has 0 aromatic heterocycles. The Morgan fingerprint density at radius 1 is 0.515 bits per heavy atom. The lowest BCUT2D eigenvalue weighted by Gasteiger charge is -2.31. The van der Waals surface area contributed by atoms with E-state index in [0.29, 0.717) is 47.9 Å². The molecular formula is C71H103N17O13. The Hall–Kier alpha value is -10.4. The van der Waals surface area contributed by atoms with Crippen molar-refractivity contribution in [3.05, 3.63) is 131 Å². The number of nitrogens with zero attached hydrogens (tertiary/aromatic N) is 3. The highest BCUT2D eigenvalue weighted by molar-refractivity contribution is 5.99. The van der Waals surface area contributed by atoms with Gasteiger partial charge in [-0.15, -0.1) is 0 Å². The number of likely N-dealkylation sites (tertiary alicyclic amines) is 1. The summed E-state index contributed by atoms with van der Waals surface area (Å²) in [6, 6.07) is 16.1. The van der Waals surface area contributed by atoms with E-state index in [4.69, 9.17) is 30.1 Å². The molecule has 0 radical (unpaired) electrons. The Balaban J connectivity index is 1.46. The van der Waals surface area contributed by atoms with Crippen molar-refractivity contribution in [3.63, 3.8) is 0 Å². The summed E-state index contributed by atoms with van der Waals surface area (Å²) in [5, 5.41) is 52.0. The Morgan fingerprint density at radius 2 is 0.931 bits per heavy atom. The number of nitrogens with two attached hydrogens (primary N) is 6.